The van der Waals surface area contributed by atoms with Crippen molar-refractivity contribution in [3.8, 4) is 11.6 Å². The average Bonchev–Trinajstić information content (AvgIpc) is 2.50. The molecule has 2 aromatic rings. The van der Waals surface area contributed by atoms with Crippen LogP contribution in [0.15, 0.2) is 36.7 Å². The van der Waals surface area contributed by atoms with Gasteiger partial charge in [-0.15, -0.1) is 0 Å². The molecule has 112 valence electrons. The molecular formula is C16H20N2O3. The first-order chi connectivity index (χ1) is 10.1. The first kappa shape index (κ1) is 16.6. The Bertz CT molecular complexity index is 568. The molecule has 0 spiro atoms. The molecule has 0 fully saturated rings. The summed E-state index contributed by atoms with van der Waals surface area (Å²) in [6.07, 6.45) is 2.51. The number of carbonyl (C=O) groups is 1. The molecule has 0 unspecified atom stereocenters. The topological polar surface area (TPSA) is 61.3 Å². The van der Waals surface area contributed by atoms with Gasteiger partial charge in [0, 0.05) is 6.07 Å². The Morgan fingerprint density at radius 2 is 1.76 bits per heavy atom. The summed E-state index contributed by atoms with van der Waals surface area (Å²) < 4.78 is 10.1. The molecule has 0 bridgehead atoms. The molecule has 5 heteroatoms. The fourth-order valence-electron chi connectivity index (χ4n) is 1.34. The van der Waals surface area contributed by atoms with E-state index in [1.807, 2.05) is 31.2 Å². The van der Waals surface area contributed by atoms with Gasteiger partial charge < -0.3 is 9.47 Å². The summed E-state index contributed by atoms with van der Waals surface area (Å²) in [7, 11) is 1.30. The molecule has 21 heavy (non-hydrogen) atoms. The zero-order chi connectivity index (χ0) is 15.7. The second kappa shape index (κ2) is 8.68. The SMILES string of the molecule is CCC.COC(=O)c1cc(Oc2ccc(C)cc2)ncn1. The van der Waals surface area contributed by atoms with E-state index in [-0.39, 0.29) is 5.69 Å². The molecule has 5 nitrogen and oxygen atoms in total. The minimum absolute atomic E-state index is 0.162. The molecule has 2 rings (SSSR count). The van der Waals surface area contributed by atoms with Crippen LogP contribution in [0.3, 0.4) is 0 Å². The molecule has 0 aliphatic heterocycles. The second-order valence-corrected chi connectivity index (χ2v) is 4.36. The van der Waals surface area contributed by atoms with Crippen LogP contribution in [0.4, 0.5) is 0 Å². The molecule has 1 aromatic heterocycles. The van der Waals surface area contributed by atoms with Gasteiger partial charge in [-0.1, -0.05) is 38.0 Å². The maximum absolute atomic E-state index is 11.3. The van der Waals surface area contributed by atoms with Crippen LogP contribution in [0.25, 0.3) is 0 Å². The highest BCUT2D eigenvalue weighted by Crippen LogP contribution is 2.19. The zero-order valence-electron chi connectivity index (χ0n) is 12.8. The van der Waals surface area contributed by atoms with E-state index in [0.717, 1.165) is 5.56 Å². The molecule has 0 radical (unpaired) electrons. The maximum atomic E-state index is 11.3. The lowest BCUT2D eigenvalue weighted by atomic mass is 10.2. The lowest BCUT2D eigenvalue weighted by Gasteiger charge is -2.05. The smallest absolute Gasteiger partial charge is 0.356 e. The number of carbonyl (C=O) groups excluding carboxylic acids is 1. The van der Waals surface area contributed by atoms with Crippen molar-refractivity contribution in [3.05, 3.63) is 47.9 Å². The van der Waals surface area contributed by atoms with E-state index in [9.17, 15) is 4.79 Å². The Morgan fingerprint density at radius 1 is 1.14 bits per heavy atom. The number of esters is 1. The van der Waals surface area contributed by atoms with Crippen molar-refractivity contribution in [1.29, 1.82) is 0 Å². The number of aromatic nitrogens is 2. The average molecular weight is 288 g/mol. The third-order valence-electron chi connectivity index (χ3n) is 2.28. The van der Waals surface area contributed by atoms with Crippen molar-refractivity contribution < 1.29 is 14.3 Å². The van der Waals surface area contributed by atoms with Gasteiger partial charge in [-0.05, 0) is 19.1 Å². The number of ether oxygens (including phenoxy) is 2. The van der Waals surface area contributed by atoms with E-state index in [0.29, 0.717) is 11.6 Å². The molecule has 0 amide bonds. The Kier molecular flexibility index (Phi) is 6.87. The first-order valence-corrected chi connectivity index (χ1v) is 6.75. The van der Waals surface area contributed by atoms with Gasteiger partial charge in [0.15, 0.2) is 5.69 Å². The number of methoxy groups -OCH3 is 1. The molecule has 0 saturated carbocycles. The summed E-state index contributed by atoms with van der Waals surface area (Å²) in [4.78, 5) is 19.0. The normalized spacial score (nSPS) is 9.33. The standard InChI is InChI=1S/C13H12N2O3.C3H8/c1-9-3-5-10(6-4-9)18-12-7-11(13(16)17-2)14-8-15-12;1-3-2/h3-8H,1-2H3;3H2,1-2H3. The number of hydrogen-bond acceptors (Lipinski definition) is 5. The number of rotatable bonds is 3. The second-order valence-electron chi connectivity index (χ2n) is 4.36. The van der Waals surface area contributed by atoms with Gasteiger partial charge in [-0.3, -0.25) is 0 Å². The quantitative estimate of drug-likeness (QED) is 0.804. The molecule has 1 heterocycles. The fraction of sp³-hybridized carbons (Fsp3) is 0.312. The lowest BCUT2D eigenvalue weighted by Crippen LogP contribution is -2.04. The van der Waals surface area contributed by atoms with Crippen molar-refractivity contribution in [2.45, 2.75) is 27.2 Å². The van der Waals surface area contributed by atoms with Crippen LogP contribution in [0.2, 0.25) is 0 Å². The summed E-state index contributed by atoms with van der Waals surface area (Å²) in [5, 5.41) is 0. The van der Waals surface area contributed by atoms with E-state index in [4.69, 9.17) is 4.74 Å². The Labute approximate surface area is 125 Å². The highest BCUT2D eigenvalue weighted by molar-refractivity contribution is 5.87. The van der Waals surface area contributed by atoms with Crippen molar-refractivity contribution in [2.75, 3.05) is 7.11 Å². The number of benzene rings is 1. The largest absolute Gasteiger partial charge is 0.464 e. The molecular weight excluding hydrogens is 268 g/mol. The van der Waals surface area contributed by atoms with Gasteiger partial charge in [0.05, 0.1) is 7.11 Å². The summed E-state index contributed by atoms with van der Waals surface area (Å²) >= 11 is 0. The maximum Gasteiger partial charge on any atom is 0.356 e. The van der Waals surface area contributed by atoms with Crippen LogP contribution in [0.1, 0.15) is 36.3 Å². The summed E-state index contributed by atoms with van der Waals surface area (Å²) in [5.74, 6) is 0.426. The van der Waals surface area contributed by atoms with Crippen LogP contribution >= 0.6 is 0 Å². The monoisotopic (exact) mass is 288 g/mol. The van der Waals surface area contributed by atoms with Crippen molar-refractivity contribution in [1.82, 2.24) is 9.97 Å². The number of aryl methyl sites for hydroxylation is 1. The van der Waals surface area contributed by atoms with Gasteiger partial charge in [0.1, 0.15) is 12.1 Å². The van der Waals surface area contributed by atoms with Gasteiger partial charge in [0.25, 0.3) is 0 Å². The van der Waals surface area contributed by atoms with E-state index in [2.05, 4.69) is 28.6 Å². The van der Waals surface area contributed by atoms with E-state index >= 15 is 0 Å². The molecule has 0 saturated heterocycles. The Hall–Kier alpha value is -2.43. The van der Waals surface area contributed by atoms with Gasteiger partial charge >= 0.3 is 5.97 Å². The third-order valence-corrected chi connectivity index (χ3v) is 2.28. The first-order valence-electron chi connectivity index (χ1n) is 6.75. The predicted octanol–water partition coefficient (Wildman–Crippen LogP) is 3.78. The Morgan fingerprint density at radius 3 is 2.33 bits per heavy atom. The summed E-state index contributed by atoms with van der Waals surface area (Å²) in [6, 6.07) is 8.95. The molecule has 0 aliphatic carbocycles. The van der Waals surface area contributed by atoms with E-state index in [1.54, 1.807) is 0 Å². The summed E-state index contributed by atoms with van der Waals surface area (Å²) in [5.41, 5.74) is 1.30. The number of hydrogen-bond donors (Lipinski definition) is 0. The molecule has 1 aromatic carbocycles. The highest BCUT2D eigenvalue weighted by atomic mass is 16.5. The van der Waals surface area contributed by atoms with E-state index < -0.39 is 5.97 Å². The van der Waals surface area contributed by atoms with Crippen LogP contribution in [0.5, 0.6) is 11.6 Å². The highest BCUT2D eigenvalue weighted by Gasteiger charge is 2.09. The van der Waals surface area contributed by atoms with Gasteiger partial charge in [-0.2, -0.15) is 0 Å². The zero-order valence-corrected chi connectivity index (χ0v) is 12.8. The van der Waals surface area contributed by atoms with Crippen LogP contribution < -0.4 is 4.74 Å². The van der Waals surface area contributed by atoms with Crippen LogP contribution in [-0.4, -0.2) is 23.0 Å². The van der Waals surface area contributed by atoms with Crippen molar-refractivity contribution in [3.63, 3.8) is 0 Å². The van der Waals surface area contributed by atoms with Crippen LogP contribution in [-0.2, 0) is 4.74 Å². The van der Waals surface area contributed by atoms with Crippen molar-refractivity contribution in [2.24, 2.45) is 0 Å². The minimum Gasteiger partial charge on any atom is -0.464 e. The predicted molar refractivity (Wildman–Crippen MR) is 80.6 cm³/mol. The van der Waals surface area contributed by atoms with E-state index in [1.165, 1.54) is 25.9 Å². The van der Waals surface area contributed by atoms with Crippen molar-refractivity contribution >= 4 is 5.97 Å². The number of nitrogens with zero attached hydrogens (tertiary/aromatic N) is 2. The molecule has 0 atom stereocenters. The third kappa shape index (κ3) is 5.60. The van der Waals surface area contributed by atoms with Gasteiger partial charge in [-0.25, -0.2) is 14.8 Å². The lowest BCUT2D eigenvalue weighted by molar-refractivity contribution is 0.0593. The Balaban J connectivity index is 0.000000677. The van der Waals surface area contributed by atoms with Crippen LogP contribution in [0, 0.1) is 6.92 Å². The van der Waals surface area contributed by atoms with Gasteiger partial charge in [0.2, 0.25) is 5.88 Å². The fourth-order valence-corrected chi connectivity index (χ4v) is 1.34. The minimum atomic E-state index is -0.522. The molecule has 0 aliphatic rings. The molecule has 0 N–H and O–H groups in total. The summed E-state index contributed by atoms with van der Waals surface area (Å²) in [6.45, 7) is 6.24.